The number of rotatable bonds is 5. The fraction of sp³-hybridized carbons (Fsp3) is 0.423. The van der Waals surface area contributed by atoms with Crippen molar-refractivity contribution in [2.24, 2.45) is 10.8 Å². The number of nitrogens with one attached hydrogen (secondary N) is 1. The molecule has 0 radical (unpaired) electrons. The molecule has 0 spiro atoms. The quantitative estimate of drug-likeness (QED) is 0.338. The first-order valence-electron chi connectivity index (χ1n) is 11.3. The zero-order valence-electron chi connectivity index (χ0n) is 17.7. The van der Waals surface area contributed by atoms with Gasteiger partial charge in [0.15, 0.2) is 11.2 Å². The molecule has 0 unspecified atom stereocenters. The zero-order valence-corrected chi connectivity index (χ0v) is 17.7. The summed E-state index contributed by atoms with van der Waals surface area (Å²) in [5, 5.41) is 3.14. The zero-order chi connectivity index (χ0) is 21.6. The van der Waals surface area contributed by atoms with Gasteiger partial charge in [0.2, 0.25) is 5.91 Å². The molecule has 5 heteroatoms. The minimum Gasteiger partial charge on any atom is -0.425 e. The highest BCUT2D eigenvalue weighted by atomic mass is 16.5. The second-order valence-electron chi connectivity index (χ2n) is 9.00. The van der Waals surface area contributed by atoms with Gasteiger partial charge in [-0.3, -0.25) is 14.4 Å². The van der Waals surface area contributed by atoms with Crippen molar-refractivity contribution in [3.8, 4) is 5.75 Å². The molecule has 31 heavy (non-hydrogen) atoms. The first kappa shape index (κ1) is 20.0. The van der Waals surface area contributed by atoms with E-state index in [1.165, 1.54) is 6.42 Å². The fourth-order valence-corrected chi connectivity index (χ4v) is 6.10. The summed E-state index contributed by atoms with van der Waals surface area (Å²) in [6.07, 6.45) is 5.49. The Bertz CT molecular complexity index is 1040. The number of amides is 1. The number of hydrogen-bond acceptors (Lipinski definition) is 4. The van der Waals surface area contributed by atoms with Crippen molar-refractivity contribution in [2.75, 3.05) is 0 Å². The van der Waals surface area contributed by atoms with Gasteiger partial charge in [-0.1, -0.05) is 74.7 Å². The van der Waals surface area contributed by atoms with E-state index in [1.54, 1.807) is 24.3 Å². The average Bonchev–Trinajstić information content (AvgIpc) is 3.47. The summed E-state index contributed by atoms with van der Waals surface area (Å²) in [6.45, 7) is 1.89. The summed E-state index contributed by atoms with van der Waals surface area (Å²) in [6, 6.07) is 16.3. The van der Waals surface area contributed by atoms with Crippen LogP contribution in [0.4, 0.5) is 0 Å². The molecule has 0 saturated heterocycles. The molecular weight excluding hydrogens is 390 g/mol. The Hall–Kier alpha value is -2.95. The highest BCUT2D eigenvalue weighted by molar-refractivity contribution is 6.21. The van der Waals surface area contributed by atoms with Crippen LogP contribution in [0.5, 0.6) is 5.75 Å². The maximum atomic E-state index is 13.9. The van der Waals surface area contributed by atoms with Gasteiger partial charge in [0, 0.05) is 23.1 Å². The van der Waals surface area contributed by atoms with Crippen molar-refractivity contribution in [1.82, 2.24) is 5.32 Å². The van der Waals surface area contributed by atoms with Gasteiger partial charge in [-0.25, -0.2) is 0 Å². The third-order valence-electron chi connectivity index (χ3n) is 7.60. The molecule has 2 aliphatic carbocycles. The van der Waals surface area contributed by atoms with Gasteiger partial charge in [0.25, 0.3) is 0 Å². The van der Waals surface area contributed by atoms with Crippen molar-refractivity contribution < 1.29 is 19.1 Å². The number of ether oxygens (including phenoxy) is 1. The van der Waals surface area contributed by atoms with Gasteiger partial charge in [-0.15, -0.1) is 0 Å². The van der Waals surface area contributed by atoms with E-state index < -0.39 is 22.7 Å². The summed E-state index contributed by atoms with van der Waals surface area (Å²) < 4.78 is 5.69. The van der Waals surface area contributed by atoms with Crippen LogP contribution >= 0.6 is 0 Å². The molecule has 5 rings (SSSR count). The Morgan fingerprint density at radius 2 is 1.68 bits per heavy atom. The SMILES string of the molecule is CC[C@]1(C(=O)c2ccccc2)[C@H]2c3ccccc3OC(=O)[C@]21C(=O)NC1CCCCC1. The molecule has 3 aliphatic rings. The Morgan fingerprint density at radius 3 is 2.39 bits per heavy atom. The Balaban J connectivity index is 1.63. The van der Waals surface area contributed by atoms with Gasteiger partial charge < -0.3 is 10.1 Å². The minimum atomic E-state index is -1.51. The minimum absolute atomic E-state index is 0.0447. The average molecular weight is 418 g/mol. The summed E-state index contributed by atoms with van der Waals surface area (Å²) in [5.74, 6) is -1.17. The lowest BCUT2D eigenvalue weighted by atomic mass is 9.82. The monoisotopic (exact) mass is 417 g/mol. The molecule has 2 saturated carbocycles. The molecule has 0 bridgehead atoms. The van der Waals surface area contributed by atoms with Crippen LogP contribution < -0.4 is 10.1 Å². The molecule has 1 heterocycles. The van der Waals surface area contributed by atoms with Crippen LogP contribution in [0.25, 0.3) is 0 Å². The number of benzene rings is 2. The number of para-hydroxylation sites is 1. The molecule has 0 aromatic heterocycles. The van der Waals surface area contributed by atoms with E-state index in [-0.39, 0.29) is 17.7 Å². The van der Waals surface area contributed by atoms with Gasteiger partial charge in [0.1, 0.15) is 5.75 Å². The lowest BCUT2D eigenvalue weighted by Crippen LogP contribution is -2.49. The maximum Gasteiger partial charge on any atom is 0.328 e. The number of hydrogen-bond donors (Lipinski definition) is 1. The van der Waals surface area contributed by atoms with Crippen LogP contribution in [0.1, 0.15) is 67.3 Å². The van der Waals surface area contributed by atoms with Gasteiger partial charge in [-0.2, -0.15) is 0 Å². The van der Waals surface area contributed by atoms with Crippen LogP contribution in [0, 0.1) is 10.8 Å². The van der Waals surface area contributed by atoms with E-state index in [0.717, 1.165) is 31.2 Å². The molecule has 3 atom stereocenters. The molecular formula is C26H27NO4. The van der Waals surface area contributed by atoms with Crippen molar-refractivity contribution in [3.05, 3.63) is 65.7 Å². The Labute approximate surface area is 182 Å². The van der Waals surface area contributed by atoms with Crippen molar-refractivity contribution in [3.63, 3.8) is 0 Å². The number of carbonyl (C=O) groups is 3. The van der Waals surface area contributed by atoms with Crippen molar-refractivity contribution in [1.29, 1.82) is 0 Å². The predicted molar refractivity (Wildman–Crippen MR) is 116 cm³/mol. The number of esters is 1. The largest absolute Gasteiger partial charge is 0.425 e. The lowest BCUT2D eigenvalue weighted by molar-refractivity contribution is -0.150. The molecule has 1 N–H and O–H groups in total. The van der Waals surface area contributed by atoms with E-state index >= 15 is 0 Å². The second kappa shape index (κ2) is 7.33. The molecule has 2 aromatic carbocycles. The van der Waals surface area contributed by atoms with Crippen LogP contribution in [-0.4, -0.2) is 23.7 Å². The fourth-order valence-electron chi connectivity index (χ4n) is 6.10. The summed E-state index contributed by atoms with van der Waals surface area (Å²) >= 11 is 0. The van der Waals surface area contributed by atoms with Crippen LogP contribution in [0.3, 0.4) is 0 Å². The van der Waals surface area contributed by atoms with Crippen LogP contribution in [0.2, 0.25) is 0 Å². The Kier molecular flexibility index (Phi) is 4.72. The van der Waals surface area contributed by atoms with E-state index in [1.807, 2.05) is 37.3 Å². The first-order chi connectivity index (χ1) is 15.1. The predicted octanol–water partition coefficient (Wildman–Crippen LogP) is 4.42. The summed E-state index contributed by atoms with van der Waals surface area (Å²) in [7, 11) is 0. The summed E-state index contributed by atoms with van der Waals surface area (Å²) in [4.78, 5) is 41.2. The normalized spacial score (nSPS) is 29.3. The standard InChI is InChI=1S/C26H27NO4/c1-2-25(22(28)17-11-5-3-6-12-17)21-19-15-9-10-16-20(19)31-24(30)26(21,25)23(29)27-18-13-7-4-8-14-18/h3,5-6,9-12,15-16,18,21H,2,4,7-8,13-14H2,1H3,(H,27,29)/t21-,25-,26-/m1/s1. The molecule has 2 fully saturated rings. The van der Waals surface area contributed by atoms with E-state index in [0.29, 0.717) is 17.7 Å². The molecule has 160 valence electrons. The van der Waals surface area contributed by atoms with Crippen molar-refractivity contribution in [2.45, 2.75) is 57.4 Å². The maximum absolute atomic E-state index is 13.9. The van der Waals surface area contributed by atoms with E-state index in [9.17, 15) is 14.4 Å². The molecule has 5 nitrogen and oxygen atoms in total. The van der Waals surface area contributed by atoms with E-state index in [4.69, 9.17) is 4.74 Å². The first-order valence-corrected chi connectivity index (χ1v) is 11.3. The summed E-state index contributed by atoms with van der Waals surface area (Å²) in [5.41, 5.74) is -1.36. The smallest absolute Gasteiger partial charge is 0.328 e. The molecule has 1 amide bonds. The second-order valence-corrected chi connectivity index (χ2v) is 9.00. The third-order valence-corrected chi connectivity index (χ3v) is 7.60. The molecule has 1 aliphatic heterocycles. The number of carbonyl (C=O) groups excluding carboxylic acids is 3. The third kappa shape index (κ3) is 2.65. The lowest BCUT2D eigenvalue weighted by Gasteiger charge is -2.28. The van der Waals surface area contributed by atoms with Crippen LogP contribution in [-0.2, 0) is 9.59 Å². The number of fused-ring (bicyclic) bond motifs is 3. The molecule has 2 aromatic rings. The Morgan fingerprint density at radius 1 is 1.00 bits per heavy atom. The highest BCUT2D eigenvalue weighted by Crippen LogP contribution is 2.79. The van der Waals surface area contributed by atoms with E-state index in [2.05, 4.69) is 5.32 Å². The number of ketones is 1. The topological polar surface area (TPSA) is 72.5 Å². The van der Waals surface area contributed by atoms with Gasteiger partial charge >= 0.3 is 5.97 Å². The highest BCUT2D eigenvalue weighted by Gasteiger charge is 2.89. The number of Topliss-reactive ketones (excluding diaryl/α,β-unsaturated/α-hetero) is 1. The van der Waals surface area contributed by atoms with Gasteiger partial charge in [-0.05, 0) is 25.3 Å². The van der Waals surface area contributed by atoms with Gasteiger partial charge in [0.05, 0.1) is 5.41 Å². The van der Waals surface area contributed by atoms with Crippen molar-refractivity contribution >= 4 is 17.7 Å². The van der Waals surface area contributed by atoms with Crippen LogP contribution in [0.15, 0.2) is 54.6 Å².